The summed E-state index contributed by atoms with van der Waals surface area (Å²) in [4.78, 5) is 14.0. The lowest BCUT2D eigenvalue weighted by molar-refractivity contribution is 0.101. The highest BCUT2D eigenvalue weighted by Crippen LogP contribution is 2.25. The summed E-state index contributed by atoms with van der Waals surface area (Å²) in [5, 5.41) is 11.4. The number of benzene rings is 2. The van der Waals surface area contributed by atoms with Gasteiger partial charge < -0.3 is 15.0 Å². The predicted molar refractivity (Wildman–Crippen MR) is 109 cm³/mol. The number of rotatable bonds is 8. The van der Waals surface area contributed by atoms with E-state index in [2.05, 4.69) is 15.6 Å². The monoisotopic (exact) mass is 397 g/mol. The van der Waals surface area contributed by atoms with Gasteiger partial charge in [0.2, 0.25) is 0 Å². The van der Waals surface area contributed by atoms with Crippen molar-refractivity contribution in [2.45, 2.75) is 13.0 Å². The second kappa shape index (κ2) is 8.83. The van der Waals surface area contributed by atoms with Crippen molar-refractivity contribution in [1.82, 2.24) is 19.9 Å². The molecule has 0 aliphatic heterocycles. The summed E-state index contributed by atoms with van der Waals surface area (Å²) in [6.45, 7) is 1.80. The minimum Gasteiger partial charge on any atom is -0.497 e. The maximum absolute atomic E-state index is 14.3. The summed E-state index contributed by atoms with van der Waals surface area (Å²) in [6, 6.07) is 13.7. The zero-order valence-corrected chi connectivity index (χ0v) is 16.9. The van der Waals surface area contributed by atoms with Gasteiger partial charge in [0.05, 0.1) is 18.8 Å². The summed E-state index contributed by atoms with van der Waals surface area (Å²) in [7, 11) is 5.35. The lowest BCUT2D eigenvalue weighted by atomic mass is 10.1. The number of anilines is 1. The van der Waals surface area contributed by atoms with Gasteiger partial charge in [-0.15, -0.1) is 5.10 Å². The highest BCUT2D eigenvalue weighted by Gasteiger charge is 2.22. The summed E-state index contributed by atoms with van der Waals surface area (Å²) in [6.07, 6.45) is 0. The minimum absolute atomic E-state index is 0.209. The Morgan fingerprint density at radius 1 is 1.21 bits per heavy atom. The average Bonchev–Trinajstić information content (AvgIpc) is 3.13. The quantitative estimate of drug-likeness (QED) is 0.588. The van der Waals surface area contributed by atoms with E-state index in [-0.39, 0.29) is 23.3 Å². The molecule has 8 heteroatoms. The summed E-state index contributed by atoms with van der Waals surface area (Å²) in [5.41, 5.74) is 1.52. The van der Waals surface area contributed by atoms with Crippen LogP contribution in [-0.4, -0.2) is 53.4 Å². The number of ether oxygens (including phenoxy) is 1. The van der Waals surface area contributed by atoms with E-state index in [4.69, 9.17) is 4.74 Å². The maximum atomic E-state index is 14.3. The Morgan fingerprint density at radius 3 is 2.48 bits per heavy atom. The number of hydrogen-bond donors (Lipinski definition) is 1. The molecule has 1 atom stereocenters. The number of methoxy groups -OCH3 is 1. The Hall–Kier alpha value is -3.26. The van der Waals surface area contributed by atoms with Crippen LogP contribution in [0.1, 0.15) is 29.0 Å². The Morgan fingerprint density at radius 2 is 1.90 bits per heavy atom. The number of carbonyl (C=O) groups is 1. The lowest BCUT2D eigenvalue weighted by Crippen LogP contribution is -2.28. The van der Waals surface area contributed by atoms with Crippen LogP contribution >= 0.6 is 0 Å². The van der Waals surface area contributed by atoms with E-state index in [1.54, 1.807) is 42.1 Å². The molecule has 3 rings (SSSR count). The molecule has 0 saturated heterocycles. The van der Waals surface area contributed by atoms with Gasteiger partial charge in [-0.1, -0.05) is 23.4 Å². The molecule has 0 saturated carbocycles. The van der Waals surface area contributed by atoms with Crippen LogP contribution in [-0.2, 0) is 0 Å². The second-order valence-electron chi connectivity index (χ2n) is 6.83. The maximum Gasteiger partial charge on any atom is 0.183 e. The third-order valence-corrected chi connectivity index (χ3v) is 4.67. The van der Waals surface area contributed by atoms with E-state index < -0.39 is 0 Å². The van der Waals surface area contributed by atoms with Crippen molar-refractivity contribution in [3.05, 3.63) is 65.6 Å². The normalized spacial score (nSPS) is 12.1. The van der Waals surface area contributed by atoms with Crippen molar-refractivity contribution in [2.75, 3.05) is 33.1 Å². The second-order valence-corrected chi connectivity index (χ2v) is 6.83. The fourth-order valence-corrected chi connectivity index (χ4v) is 3.09. The minimum atomic E-state index is -0.276. The molecule has 1 aromatic heterocycles. The first-order valence-corrected chi connectivity index (χ1v) is 9.18. The highest BCUT2D eigenvalue weighted by atomic mass is 19.1. The van der Waals surface area contributed by atoms with Gasteiger partial charge in [-0.05, 0) is 44.4 Å². The van der Waals surface area contributed by atoms with Crippen LogP contribution < -0.4 is 10.1 Å². The summed E-state index contributed by atoms with van der Waals surface area (Å²) in [5.74, 6) is 0.689. The molecule has 1 N–H and O–H groups in total. The zero-order chi connectivity index (χ0) is 21.0. The number of hydrogen-bond acceptors (Lipinski definition) is 6. The smallest absolute Gasteiger partial charge is 0.183 e. The van der Waals surface area contributed by atoms with Crippen molar-refractivity contribution in [1.29, 1.82) is 0 Å². The van der Waals surface area contributed by atoms with Gasteiger partial charge in [-0.2, -0.15) is 4.68 Å². The van der Waals surface area contributed by atoms with Crippen LogP contribution in [0.3, 0.4) is 0 Å². The molecular weight excluding hydrogens is 373 g/mol. The fraction of sp³-hybridized carbons (Fsp3) is 0.286. The first-order valence-electron chi connectivity index (χ1n) is 9.18. The third kappa shape index (κ3) is 4.43. The summed E-state index contributed by atoms with van der Waals surface area (Å²) >= 11 is 0. The standard InChI is InChI=1S/C21H24FN5O2/c1-14(28)20-21(27(25-24-20)15-9-11-16(29-4)12-10-15)23-13-19(26(2)3)17-7-5-6-8-18(17)22/h5-12,19,23H,13H2,1-4H3/t19-/m0/s1. The number of ketones is 1. The van der Waals surface area contributed by atoms with Crippen molar-refractivity contribution >= 4 is 11.6 Å². The molecule has 2 aromatic carbocycles. The van der Waals surface area contributed by atoms with Gasteiger partial charge in [-0.25, -0.2) is 4.39 Å². The van der Waals surface area contributed by atoms with E-state index in [1.807, 2.05) is 31.1 Å². The molecule has 0 radical (unpaired) electrons. The van der Waals surface area contributed by atoms with E-state index in [0.717, 1.165) is 5.69 Å². The largest absolute Gasteiger partial charge is 0.497 e. The van der Waals surface area contributed by atoms with Crippen molar-refractivity contribution in [3.63, 3.8) is 0 Å². The van der Waals surface area contributed by atoms with Crippen LogP contribution in [0.2, 0.25) is 0 Å². The van der Waals surface area contributed by atoms with E-state index >= 15 is 0 Å². The molecule has 0 amide bonds. The molecule has 3 aromatic rings. The highest BCUT2D eigenvalue weighted by molar-refractivity contribution is 5.96. The van der Waals surface area contributed by atoms with E-state index in [1.165, 1.54) is 13.0 Å². The first kappa shape index (κ1) is 20.5. The number of nitrogens with zero attached hydrogens (tertiary/aromatic N) is 4. The van der Waals surface area contributed by atoms with Gasteiger partial charge in [0.25, 0.3) is 0 Å². The number of halogens is 1. The third-order valence-electron chi connectivity index (χ3n) is 4.67. The van der Waals surface area contributed by atoms with Crippen molar-refractivity contribution in [3.8, 4) is 11.4 Å². The molecule has 1 heterocycles. The molecule has 0 fully saturated rings. The van der Waals surface area contributed by atoms with Crippen LogP contribution in [0.15, 0.2) is 48.5 Å². The number of aromatic nitrogens is 3. The molecule has 152 valence electrons. The molecule has 0 aliphatic carbocycles. The number of carbonyl (C=O) groups excluding carboxylic acids is 1. The number of likely N-dealkylation sites (N-methyl/N-ethyl adjacent to an activating group) is 1. The van der Waals surface area contributed by atoms with E-state index in [0.29, 0.717) is 23.7 Å². The Labute approximate surface area is 169 Å². The number of Topliss-reactive ketones (excluding diaryl/α,β-unsaturated/α-hetero) is 1. The first-order chi connectivity index (χ1) is 13.9. The molecule has 0 spiro atoms. The van der Waals surface area contributed by atoms with Gasteiger partial charge in [0.15, 0.2) is 17.3 Å². The predicted octanol–water partition coefficient (Wildman–Crippen LogP) is 3.33. The Kier molecular flexibility index (Phi) is 6.23. The van der Waals surface area contributed by atoms with Crippen LogP contribution in [0, 0.1) is 5.82 Å². The zero-order valence-electron chi connectivity index (χ0n) is 16.9. The molecule has 29 heavy (non-hydrogen) atoms. The van der Waals surface area contributed by atoms with Crippen LogP contribution in [0.25, 0.3) is 5.69 Å². The van der Waals surface area contributed by atoms with Gasteiger partial charge in [-0.3, -0.25) is 4.79 Å². The molecule has 0 unspecified atom stereocenters. The van der Waals surface area contributed by atoms with Crippen molar-refractivity contribution in [2.24, 2.45) is 0 Å². The molecular formula is C21H24FN5O2. The van der Waals surface area contributed by atoms with E-state index in [9.17, 15) is 9.18 Å². The Bertz CT molecular complexity index is 985. The fourth-order valence-electron chi connectivity index (χ4n) is 3.09. The SMILES string of the molecule is COc1ccc(-n2nnc(C(C)=O)c2NC[C@@H](c2ccccc2F)N(C)C)cc1. The number of nitrogens with one attached hydrogen (secondary N) is 1. The van der Waals surface area contributed by atoms with Gasteiger partial charge in [0, 0.05) is 19.0 Å². The molecule has 7 nitrogen and oxygen atoms in total. The van der Waals surface area contributed by atoms with Crippen LogP contribution in [0.4, 0.5) is 10.2 Å². The molecule has 0 aliphatic rings. The molecule has 0 bridgehead atoms. The topological polar surface area (TPSA) is 72.3 Å². The van der Waals surface area contributed by atoms with Crippen molar-refractivity contribution < 1.29 is 13.9 Å². The average molecular weight is 397 g/mol. The van der Waals surface area contributed by atoms with Gasteiger partial charge in [0.1, 0.15) is 11.6 Å². The lowest BCUT2D eigenvalue weighted by Gasteiger charge is -2.26. The van der Waals surface area contributed by atoms with Crippen LogP contribution in [0.5, 0.6) is 5.75 Å². The Balaban J connectivity index is 1.93. The van der Waals surface area contributed by atoms with Gasteiger partial charge >= 0.3 is 0 Å². The summed E-state index contributed by atoms with van der Waals surface area (Å²) < 4.78 is 21.1.